The minimum atomic E-state index is -0.686. The molecule has 0 bridgehead atoms. The van der Waals surface area contributed by atoms with Crippen molar-refractivity contribution in [2.75, 3.05) is 11.9 Å². The Morgan fingerprint density at radius 2 is 2.12 bits per heavy atom. The summed E-state index contributed by atoms with van der Waals surface area (Å²) in [7, 11) is 0. The van der Waals surface area contributed by atoms with E-state index < -0.39 is 24.4 Å². The van der Waals surface area contributed by atoms with Crippen LogP contribution in [0.15, 0.2) is 24.4 Å². The van der Waals surface area contributed by atoms with Crippen LogP contribution in [0.4, 0.5) is 5.00 Å². The summed E-state index contributed by atoms with van der Waals surface area (Å²) in [5.41, 5.74) is 6.85. The van der Waals surface area contributed by atoms with Crippen molar-refractivity contribution in [3.63, 3.8) is 0 Å². The number of thiophene rings is 1. The summed E-state index contributed by atoms with van der Waals surface area (Å²) in [6.45, 7) is -0.462. The number of carbonyl (C=O) groups excluding carboxylic acids is 3. The second kappa shape index (κ2) is 6.79. The lowest BCUT2D eigenvalue weighted by Crippen LogP contribution is -2.23. The number of hydrogen-bond donors (Lipinski definition) is 2. The van der Waals surface area contributed by atoms with Gasteiger partial charge in [0.1, 0.15) is 10.7 Å². The molecular formula is C16H15N3O4S. The molecule has 0 atom stereocenters. The van der Waals surface area contributed by atoms with Crippen molar-refractivity contribution in [2.45, 2.75) is 19.3 Å². The van der Waals surface area contributed by atoms with E-state index >= 15 is 0 Å². The fourth-order valence-corrected chi connectivity index (χ4v) is 3.92. The average molecular weight is 345 g/mol. The first kappa shape index (κ1) is 16.1. The van der Waals surface area contributed by atoms with Crippen molar-refractivity contribution < 1.29 is 19.1 Å². The van der Waals surface area contributed by atoms with Gasteiger partial charge in [-0.3, -0.25) is 9.59 Å². The van der Waals surface area contributed by atoms with E-state index in [1.165, 1.54) is 23.6 Å². The molecule has 124 valence electrons. The van der Waals surface area contributed by atoms with Crippen molar-refractivity contribution in [3.8, 4) is 0 Å². The molecule has 2 aromatic heterocycles. The molecule has 0 spiro atoms. The van der Waals surface area contributed by atoms with Gasteiger partial charge in [0.25, 0.3) is 11.8 Å². The predicted molar refractivity (Wildman–Crippen MR) is 88.0 cm³/mol. The molecule has 2 heterocycles. The summed E-state index contributed by atoms with van der Waals surface area (Å²) in [6.07, 6.45) is 4.11. The van der Waals surface area contributed by atoms with Gasteiger partial charge in [0.05, 0.1) is 5.56 Å². The Morgan fingerprint density at radius 3 is 2.83 bits per heavy atom. The molecule has 8 heteroatoms. The van der Waals surface area contributed by atoms with Crippen molar-refractivity contribution >= 4 is 34.1 Å². The maximum Gasteiger partial charge on any atom is 0.357 e. The number of anilines is 1. The molecule has 0 radical (unpaired) electrons. The number of hydrogen-bond acceptors (Lipinski definition) is 6. The number of nitrogens with one attached hydrogen (secondary N) is 1. The molecule has 0 saturated carbocycles. The van der Waals surface area contributed by atoms with E-state index in [0.29, 0.717) is 10.6 Å². The fourth-order valence-electron chi connectivity index (χ4n) is 2.60. The summed E-state index contributed by atoms with van der Waals surface area (Å²) in [5, 5.41) is 3.03. The van der Waals surface area contributed by atoms with Gasteiger partial charge in [0.2, 0.25) is 0 Å². The summed E-state index contributed by atoms with van der Waals surface area (Å²) in [4.78, 5) is 40.3. The van der Waals surface area contributed by atoms with Crippen LogP contribution in [0.3, 0.4) is 0 Å². The summed E-state index contributed by atoms with van der Waals surface area (Å²) < 4.78 is 4.91. The van der Waals surface area contributed by atoms with Crippen molar-refractivity contribution in [2.24, 2.45) is 5.73 Å². The van der Waals surface area contributed by atoms with E-state index in [9.17, 15) is 14.4 Å². The molecule has 0 aliphatic heterocycles. The summed E-state index contributed by atoms with van der Waals surface area (Å²) in [6, 6.07) is 4.82. The Morgan fingerprint density at radius 1 is 1.29 bits per heavy atom. The molecule has 2 aromatic rings. The van der Waals surface area contributed by atoms with Crippen LogP contribution in [0.5, 0.6) is 0 Å². The number of pyridine rings is 1. The monoisotopic (exact) mass is 345 g/mol. The first-order valence-electron chi connectivity index (χ1n) is 7.38. The zero-order valence-electron chi connectivity index (χ0n) is 12.7. The second-order valence-electron chi connectivity index (χ2n) is 5.27. The lowest BCUT2D eigenvalue weighted by atomic mass is 10.1. The van der Waals surface area contributed by atoms with Crippen LogP contribution in [-0.2, 0) is 22.4 Å². The number of fused-ring (bicyclic) bond motifs is 1. The number of amides is 2. The van der Waals surface area contributed by atoms with Gasteiger partial charge < -0.3 is 15.8 Å². The summed E-state index contributed by atoms with van der Waals surface area (Å²) >= 11 is 1.35. The van der Waals surface area contributed by atoms with Crippen LogP contribution >= 0.6 is 11.3 Å². The Bertz CT molecular complexity index is 801. The van der Waals surface area contributed by atoms with Gasteiger partial charge in [-0.25, -0.2) is 9.78 Å². The highest BCUT2D eigenvalue weighted by molar-refractivity contribution is 7.17. The number of aromatic nitrogens is 1. The Balaban J connectivity index is 1.64. The maximum absolute atomic E-state index is 12.0. The normalized spacial score (nSPS) is 12.5. The molecule has 7 nitrogen and oxygen atoms in total. The number of nitrogens with zero attached hydrogens (tertiary/aromatic N) is 1. The lowest BCUT2D eigenvalue weighted by Gasteiger charge is -2.07. The van der Waals surface area contributed by atoms with Gasteiger partial charge in [-0.05, 0) is 37.0 Å². The highest BCUT2D eigenvalue weighted by Gasteiger charge is 2.26. The van der Waals surface area contributed by atoms with Crippen LogP contribution in [0, 0.1) is 0 Å². The SMILES string of the molecule is NC(=O)c1c(NC(=O)COC(=O)c2ccccn2)sc2c1CCC2. The minimum Gasteiger partial charge on any atom is -0.451 e. The van der Waals surface area contributed by atoms with E-state index in [2.05, 4.69) is 10.3 Å². The van der Waals surface area contributed by atoms with Crippen LogP contribution in [-0.4, -0.2) is 29.4 Å². The van der Waals surface area contributed by atoms with Crippen LogP contribution in [0.2, 0.25) is 0 Å². The third-order valence-electron chi connectivity index (χ3n) is 3.63. The molecule has 3 N–H and O–H groups in total. The van der Waals surface area contributed by atoms with E-state index in [1.54, 1.807) is 12.1 Å². The number of ether oxygens (including phenoxy) is 1. The Hall–Kier alpha value is -2.74. The predicted octanol–water partition coefficient (Wildman–Crippen LogP) is 1.53. The highest BCUT2D eigenvalue weighted by Crippen LogP contribution is 2.38. The quantitative estimate of drug-likeness (QED) is 0.798. The number of nitrogens with two attached hydrogens (primary N) is 1. The van der Waals surface area contributed by atoms with Gasteiger partial charge in [-0.2, -0.15) is 0 Å². The Kier molecular flexibility index (Phi) is 4.57. The smallest absolute Gasteiger partial charge is 0.357 e. The largest absolute Gasteiger partial charge is 0.451 e. The van der Waals surface area contributed by atoms with Crippen LogP contribution in [0.1, 0.15) is 37.7 Å². The molecule has 0 saturated heterocycles. The molecule has 24 heavy (non-hydrogen) atoms. The van der Waals surface area contributed by atoms with Gasteiger partial charge in [0, 0.05) is 11.1 Å². The van der Waals surface area contributed by atoms with Crippen LogP contribution in [0.25, 0.3) is 0 Å². The standard InChI is InChI=1S/C16H15N3O4S/c17-14(21)13-9-4-3-6-11(9)24-15(13)19-12(20)8-23-16(22)10-5-1-2-7-18-10/h1-2,5,7H,3-4,6,8H2,(H2,17,21)(H,19,20). The molecular weight excluding hydrogens is 330 g/mol. The topological polar surface area (TPSA) is 111 Å². The molecule has 2 amide bonds. The van der Waals surface area contributed by atoms with E-state index in [4.69, 9.17) is 10.5 Å². The number of rotatable bonds is 5. The van der Waals surface area contributed by atoms with Gasteiger partial charge in [-0.15, -0.1) is 11.3 Å². The van der Waals surface area contributed by atoms with Crippen molar-refractivity contribution in [3.05, 3.63) is 46.1 Å². The highest BCUT2D eigenvalue weighted by atomic mass is 32.1. The minimum absolute atomic E-state index is 0.123. The summed E-state index contributed by atoms with van der Waals surface area (Å²) in [5.74, 6) is -1.77. The van der Waals surface area contributed by atoms with Gasteiger partial charge >= 0.3 is 5.97 Å². The first-order valence-corrected chi connectivity index (χ1v) is 8.20. The van der Waals surface area contributed by atoms with E-state index in [0.717, 1.165) is 29.7 Å². The average Bonchev–Trinajstić information content (AvgIpc) is 3.13. The van der Waals surface area contributed by atoms with E-state index in [-0.39, 0.29) is 5.69 Å². The Labute approximate surface area is 141 Å². The second-order valence-corrected chi connectivity index (χ2v) is 6.37. The maximum atomic E-state index is 12.0. The molecule has 1 aliphatic carbocycles. The zero-order chi connectivity index (χ0) is 17.1. The first-order chi connectivity index (χ1) is 11.6. The molecule has 0 fully saturated rings. The molecule has 0 unspecified atom stereocenters. The number of carbonyl (C=O) groups is 3. The third kappa shape index (κ3) is 3.28. The van der Waals surface area contributed by atoms with E-state index in [1.807, 2.05) is 0 Å². The molecule has 1 aliphatic rings. The zero-order valence-corrected chi connectivity index (χ0v) is 13.5. The van der Waals surface area contributed by atoms with Crippen molar-refractivity contribution in [1.82, 2.24) is 4.98 Å². The van der Waals surface area contributed by atoms with Crippen LogP contribution < -0.4 is 11.1 Å². The fraction of sp³-hybridized carbons (Fsp3) is 0.250. The van der Waals surface area contributed by atoms with Gasteiger partial charge in [-0.1, -0.05) is 6.07 Å². The molecule has 0 aromatic carbocycles. The molecule has 3 rings (SSSR count). The van der Waals surface area contributed by atoms with Gasteiger partial charge in [0.15, 0.2) is 6.61 Å². The third-order valence-corrected chi connectivity index (χ3v) is 4.84. The van der Waals surface area contributed by atoms with Crippen molar-refractivity contribution in [1.29, 1.82) is 0 Å². The number of aryl methyl sites for hydroxylation is 1. The lowest BCUT2D eigenvalue weighted by molar-refractivity contribution is -0.119. The number of primary amides is 1. The number of esters is 1.